The third-order valence-corrected chi connectivity index (χ3v) is 3.45. The number of allylic oxidation sites excluding steroid dienone is 1. The van der Waals surface area contributed by atoms with Gasteiger partial charge in [0, 0.05) is 0 Å². The van der Waals surface area contributed by atoms with Gasteiger partial charge >= 0.3 is 0 Å². The predicted molar refractivity (Wildman–Crippen MR) is 66.1 cm³/mol. The Morgan fingerprint density at radius 3 is 2.27 bits per heavy atom. The van der Waals surface area contributed by atoms with Gasteiger partial charge in [-0.15, -0.1) is 6.58 Å². The van der Waals surface area contributed by atoms with Crippen LogP contribution in [0.4, 0.5) is 0 Å². The summed E-state index contributed by atoms with van der Waals surface area (Å²) in [4.78, 5) is 0. The Hall–Kier alpha value is -0.300. The van der Waals surface area contributed by atoms with Crippen LogP contribution in [-0.4, -0.2) is 12.2 Å². The quantitative estimate of drug-likeness (QED) is 0.403. The standard InChI is InChI=1S/C14H26O/c1-3-4-5-6-7-8-9-10-11-14(2)12-13-15-14/h3H,1,4-13H2,2H3/t14-/m0/s1. The molecule has 0 bridgehead atoms. The molecule has 1 aliphatic heterocycles. The molecule has 0 aromatic rings. The smallest absolute Gasteiger partial charge is 0.0676 e. The molecular formula is C14H26O. The van der Waals surface area contributed by atoms with Gasteiger partial charge in [0.15, 0.2) is 0 Å². The fraction of sp³-hybridized carbons (Fsp3) is 0.857. The lowest BCUT2D eigenvalue weighted by atomic mass is 9.90. The molecule has 0 radical (unpaired) electrons. The van der Waals surface area contributed by atoms with Crippen molar-refractivity contribution >= 4 is 0 Å². The molecule has 15 heavy (non-hydrogen) atoms. The molecule has 1 saturated heterocycles. The van der Waals surface area contributed by atoms with Gasteiger partial charge in [0.2, 0.25) is 0 Å². The first-order valence-electron chi connectivity index (χ1n) is 6.52. The molecule has 0 unspecified atom stereocenters. The van der Waals surface area contributed by atoms with Gasteiger partial charge in [-0.05, 0) is 32.6 Å². The van der Waals surface area contributed by atoms with Gasteiger partial charge in [-0.3, -0.25) is 0 Å². The van der Waals surface area contributed by atoms with Crippen molar-refractivity contribution in [3.05, 3.63) is 12.7 Å². The van der Waals surface area contributed by atoms with Crippen molar-refractivity contribution in [3.63, 3.8) is 0 Å². The molecule has 0 aromatic heterocycles. The zero-order chi connectivity index (χ0) is 11.0. The van der Waals surface area contributed by atoms with Crippen LogP contribution in [0.15, 0.2) is 12.7 Å². The van der Waals surface area contributed by atoms with Gasteiger partial charge in [-0.25, -0.2) is 0 Å². The largest absolute Gasteiger partial charge is 0.375 e. The summed E-state index contributed by atoms with van der Waals surface area (Å²) in [5.74, 6) is 0. The Balaban J connectivity index is 1.79. The van der Waals surface area contributed by atoms with Gasteiger partial charge in [-0.2, -0.15) is 0 Å². The normalized spacial score (nSPS) is 24.9. The minimum atomic E-state index is 0.253. The van der Waals surface area contributed by atoms with Crippen LogP contribution >= 0.6 is 0 Å². The van der Waals surface area contributed by atoms with E-state index >= 15 is 0 Å². The van der Waals surface area contributed by atoms with Gasteiger partial charge in [0.1, 0.15) is 0 Å². The Bertz CT molecular complexity index is 170. The molecule has 1 aliphatic rings. The number of hydrogen-bond donors (Lipinski definition) is 0. The van der Waals surface area contributed by atoms with Crippen LogP contribution in [0.2, 0.25) is 0 Å². The Morgan fingerprint density at radius 2 is 1.73 bits per heavy atom. The van der Waals surface area contributed by atoms with Gasteiger partial charge in [-0.1, -0.05) is 38.2 Å². The molecule has 1 heterocycles. The van der Waals surface area contributed by atoms with Crippen molar-refractivity contribution in [2.75, 3.05) is 6.61 Å². The third-order valence-electron chi connectivity index (χ3n) is 3.45. The summed E-state index contributed by atoms with van der Waals surface area (Å²) < 4.78 is 5.57. The first-order chi connectivity index (χ1) is 7.27. The van der Waals surface area contributed by atoms with Crippen molar-refractivity contribution in [1.82, 2.24) is 0 Å². The van der Waals surface area contributed by atoms with Crippen molar-refractivity contribution in [2.24, 2.45) is 0 Å². The number of hydrogen-bond acceptors (Lipinski definition) is 1. The van der Waals surface area contributed by atoms with E-state index in [2.05, 4.69) is 13.5 Å². The number of ether oxygens (including phenoxy) is 1. The molecule has 0 saturated carbocycles. The molecule has 0 aromatic carbocycles. The van der Waals surface area contributed by atoms with E-state index in [1.807, 2.05) is 6.08 Å². The molecule has 0 spiro atoms. The van der Waals surface area contributed by atoms with E-state index in [1.165, 1.54) is 57.8 Å². The maximum Gasteiger partial charge on any atom is 0.0676 e. The predicted octanol–water partition coefficient (Wildman–Crippen LogP) is 4.47. The first kappa shape index (κ1) is 12.8. The van der Waals surface area contributed by atoms with Gasteiger partial charge in [0.05, 0.1) is 12.2 Å². The van der Waals surface area contributed by atoms with Crippen LogP contribution < -0.4 is 0 Å². The summed E-state index contributed by atoms with van der Waals surface area (Å²) >= 11 is 0. The summed E-state index contributed by atoms with van der Waals surface area (Å²) in [6.07, 6.45) is 14.0. The lowest BCUT2D eigenvalue weighted by molar-refractivity contribution is -0.139. The summed E-state index contributed by atoms with van der Waals surface area (Å²) in [5, 5.41) is 0. The fourth-order valence-corrected chi connectivity index (χ4v) is 2.14. The Labute approximate surface area is 94.9 Å². The van der Waals surface area contributed by atoms with E-state index in [0.29, 0.717) is 0 Å². The van der Waals surface area contributed by atoms with E-state index in [9.17, 15) is 0 Å². The molecule has 1 fully saturated rings. The van der Waals surface area contributed by atoms with Crippen LogP contribution in [0.3, 0.4) is 0 Å². The van der Waals surface area contributed by atoms with Crippen LogP contribution in [0.25, 0.3) is 0 Å². The van der Waals surface area contributed by atoms with Crippen molar-refractivity contribution in [2.45, 2.75) is 70.3 Å². The second kappa shape index (κ2) is 7.05. The van der Waals surface area contributed by atoms with Crippen molar-refractivity contribution in [1.29, 1.82) is 0 Å². The maximum atomic E-state index is 5.57. The molecule has 1 heteroatoms. The lowest BCUT2D eigenvalue weighted by Crippen LogP contribution is -2.40. The highest BCUT2D eigenvalue weighted by molar-refractivity contribution is 4.81. The van der Waals surface area contributed by atoms with Crippen LogP contribution in [-0.2, 0) is 4.74 Å². The number of rotatable bonds is 9. The molecule has 88 valence electrons. The molecule has 1 nitrogen and oxygen atoms in total. The topological polar surface area (TPSA) is 9.23 Å². The van der Waals surface area contributed by atoms with Crippen LogP contribution in [0, 0.1) is 0 Å². The molecule has 0 N–H and O–H groups in total. The SMILES string of the molecule is C=CCCCCCCCC[C@@]1(C)CCO1. The number of unbranched alkanes of at least 4 members (excludes halogenated alkanes) is 6. The second-order valence-corrected chi connectivity index (χ2v) is 5.00. The molecular weight excluding hydrogens is 184 g/mol. The van der Waals surface area contributed by atoms with E-state index in [-0.39, 0.29) is 5.60 Å². The average molecular weight is 210 g/mol. The monoisotopic (exact) mass is 210 g/mol. The minimum Gasteiger partial charge on any atom is -0.375 e. The van der Waals surface area contributed by atoms with E-state index in [1.54, 1.807) is 0 Å². The first-order valence-corrected chi connectivity index (χ1v) is 6.52. The van der Waals surface area contributed by atoms with Crippen LogP contribution in [0.5, 0.6) is 0 Å². The molecule has 1 atom stereocenters. The summed E-state index contributed by atoms with van der Waals surface area (Å²) in [5.41, 5.74) is 0.253. The second-order valence-electron chi connectivity index (χ2n) is 5.00. The zero-order valence-electron chi connectivity index (χ0n) is 10.3. The Morgan fingerprint density at radius 1 is 1.13 bits per heavy atom. The average Bonchev–Trinajstić information content (AvgIpc) is 2.19. The van der Waals surface area contributed by atoms with E-state index < -0.39 is 0 Å². The molecule has 0 aliphatic carbocycles. The minimum absolute atomic E-state index is 0.253. The molecule has 0 amide bonds. The third kappa shape index (κ3) is 5.36. The highest BCUT2D eigenvalue weighted by atomic mass is 16.5. The van der Waals surface area contributed by atoms with Crippen molar-refractivity contribution < 1.29 is 4.74 Å². The molecule has 1 rings (SSSR count). The van der Waals surface area contributed by atoms with Crippen LogP contribution in [0.1, 0.15) is 64.7 Å². The highest BCUT2D eigenvalue weighted by Gasteiger charge is 2.31. The summed E-state index contributed by atoms with van der Waals surface area (Å²) in [7, 11) is 0. The van der Waals surface area contributed by atoms with E-state index in [0.717, 1.165) is 6.61 Å². The maximum absolute atomic E-state index is 5.57. The van der Waals surface area contributed by atoms with Gasteiger partial charge < -0.3 is 4.74 Å². The Kier molecular flexibility index (Phi) is 6.00. The van der Waals surface area contributed by atoms with E-state index in [4.69, 9.17) is 4.74 Å². The lowest BCUT2D eigenvalue weighted by Gasteiger charge is -2.38. The fourth-order valence-electron chi connectivity index (χ4n) is 2.14. The summed E-state index contributed by atoms with van der Waals surface area (Å²) in [6.45, 7) is 6.97. The zero-order valence-corrected chi connectivity index (χ0v) is 10.3. The summed E-state index contributed by atoms with van der Waals surface area (Å²) in [6, 6.07) is 0. The van der Waals surface area contributed by atoms with Crippen molar-refractivity contribution in [3.8, 4) is 0 Å². The highest BCUT2D eigenvalue weighted by Crippen LogP contribution is 2.31. The van der Waals surface area contributed by atoms with Gasteiger partial charge in [0.25, 0.3) is 0 Å².